The molecule has 0 aromatic carbocycles. The third-order valence-electron chi connectivity index (χ3n) is 3.66. The fourth-order valence-electron chi connectivity index (χ4n) is 2.73. The Labute approximate surface area is 104 Å². The zero-order valence-corrected chi connectivity index (χ0v) is 11.4. The highest BCUT2D eigenvalue weighted by molar-refractivity contribution is 5.83. The van der Waals surface area contributed by atoms with Crippen molar-refractivity contribution in [3.63, 3.8) is 0 Å². The molecule has 2 aliphatic rings. The number of nitrogens with zero attached hydrogens (tertiary/aromatic N) is 1. The van der Waals surface area contributed by atoms with Gasteiger partial charge in [0.1, 0.15) is 0 Å². The van der Waals surface area contributed by atoms with Gasteiger partial charge in [-0.2, -0.15) is 0 Å². The van der Waals surface area contributed by atoms with Gasteiger partial charge in [0.2, 0.25) is 5.91 Å². The third-order valence-corrected chi connectivity index (χ3v) is 3.66. The molecule has 0 aromatic heterocycles. The lowest BCUT2D eigenvalue weighted by atomic mass is 9.83. The summed E-state index contributed by atoms with van der Waals surface area (Å²) in [6, 6.07) is 0. The number of allylic oxidation sites excluding steroid dienone is 4. The summed E-state index contributed by atoms with van der Waals surface area (Å²) < 4.78 is 0. The SMILES string of the molecule is CC1=CC=C2C(CCCN2C(=O)C(C)(C)C)C1. The normalized spacial score (nSPS) is 24.9. The summed E-state index contributed by atoms with van der Waals surface area (Å²) in [6.45, 7) is 9.08. The van der Waals surface area contributed by atoms with E-state index in [-0.39, 0.29) is 11.3 Å². The van der Waals surface area contributed by atoms with Crippen LogP contribution in [-0.2, 0) is 4.79 Å². The molecular formula is C15H23NO. The standard InChI is InChI=1S/C15H23NO/c1-11-7-8-13-12(10-11)6-5-9-16(13)14(17)15(2,3)4/h7-8,12H,5-6,9-10H2,1-4H3. The van der Waals surface area contributed by atoms with Gasteiger partial charge in [-0.05, 0) is 32.3 Å². The molecule has 0 bridgehead atoms. The first-order chi connectivity index (χ1) is 7.89. The van der Waals surface area contributed by atoms with E-state index in [2.05, 4.69) is 19.1 Å². The maximum absolute atomic E-state index is 12.4. The van der Waals surface area contributed by atoms with Gasteiger partial charge in [-0.15, -0.1) is 0 Å². The van der Waals surface area contributed by atoms with Crippen LogP contribution in [-0.4, -0.2) is 17.4 Å². The molecule has 1 aliphatic carbocycles. The fraction of sp³-hybridized carbons (Fsp3) is 0.667. The van der Waals surface area contributed by atoms with Crippen LogP contribution in [0.1, 0.15) is 47.0 Å². The quantitative estimate of drug-likeness (QED) is 0.627. The van der Waals surface area contributed by atoms with Gasteiger partial charge in [-0.25, -0.2) is 0 Å². The summed E-state index contributed by atoms with van der Waals surface area (Å²) in [4.78, 5) is 14.4. The molecule has 0 saturated carbocycles. The van der Waals surface area contributed by atoms with Crippen LogP contribution in [0.5, 0.6) is 0 Å². The Hall–Kier alpha value is -1.05. The second-order valence-corrected chi connectivity index (χ2v) is 6.35. The number of likely N-dealkylation sites (tertiary alicyclic amines) is 1. The highest BCUT2D eigenvalue weighted by Crippen LogP contribution is 2.36. The largest absolute Gasteiger partial charge is 0.315 e. The maximum Gasteiger partial charge on any atom is 0.232 e. The van der Waals surface area contributed by atoms with Crippen molar-refractivity contribution >= 4 is 5.91 Å². The fourth-order valence-corrected chi connectivity index (χ4v) is 2.73. The van der Waals surface area contributed by atoms with Gasteiger partial charge in [0.25, 0.3) is 0 Å². The molecule has 1 heterocycles. The van der Waals surface area contributed by atoms with Gasteiger partial charge < -0.3 is 4.90 Å². The van der Waals surface area contributed by atoms with E-state index in [1.165, 1.54) is 17.7 Å². The molecule has 0 N–H and O–H groups in total. The minimum atomic E-state index is -0.279. The summed E-state index contributed by atoms with van der Waals surface area (Å²) in [7, 11) is 0. The number of piperidine rings is 1. The van der Waals surface area contributed by atoms with Crippen molar-refractivity contribution in [2.45, 2.75) is 47.0 Å². The van der Waals surface area contributed by atoms with Crippen LogP contribution in [0.4, 0.5) is 0 Å². The lowest BCUT2D eigenvalue weighted by molar-refractivity contribution is -0.138. The Morgan fingerprint density at radius 2 is 2.06 bits per heavy atom. The minimum absolute atomic E-state index is 0.265. The lowest BCUT2D eigenvalue weighted by Crippen LogP contribution is -2.44. The molecule has 2 heteroatoms. The summed E-state index contributed by atoms with van der Waals surface area (Å²) >= 11 is 0. The number of rotatable bonds is 0. The first-order valence-electron chi connectivity index (χ1n) is 6.59. The van der Waals surface area contributed by atoms with E-state index >= 15 is 0 Å². The number of carbonyl (C=O) groups excluding carboxylic acids is 1. The molecular weight excluding hydrogens is 210 g/mol. The Morgan fingerprint density at radius 1 is 1.35 bits per heavy atom. The van der Waals surface area contributed by atoms with Crippen LogP contribution in [0.15, 0.2) is 23.4 Å². The van der Waals surface area contributed by atoms with Crippen LogP contribution in [0.2, 0.25) is 0 Å². The van der Waals surface area contributed by atoms with E-state index in [4.69, 9.17) is 0 Å². The van der Waals surface area contributed by atoms with Gasteiger partial charge in [0.15, 0.2) is 0 Å². The van der Waals surface area contributed by atoms with Crippen molar-refractivity contribution in [3.8, 4) is 0 Å². The third kappa shape index (κ3) is 2.46. The van der Waals surface area contributed by atoms with Crippen molar-refractivity contribution in [2.75, 3.05) is 6.54 Å². The molecule has 17 heavy (non-hydrogen) atoms. The van der Waals surface area contributed by atoms with Crippen molar-refractivity contribution < 1.29 is 4.79 Å². The number of amides is 1. The van der Waals surface area contributed by atoms with Crippen LogP contribution < -0.4 is 0 Å². The molecule has 1 saturated heterocycles. The number of carbonyl (C=O) groups is 1. The van der Waals surface area contributed by atoms with Gasteiger partial charge >= 0.3 is 0 Å². The average Bonchev–Trinajstić information content (AvgIpc) is 2.25. The molecule has 1 fully saturated rings. The highest BCUT2D eigenvalue weighted by atomic mass is 16.2. The van der Waals surface area contributed by atoms with Crippen LogP contribution >= 0.6 is 0 Å². The van der Waals surface area contributed by atoms with Crippen LogP contribution in [0, 0.1) is 11.3 Å². The summed E-state index contributed by atoms with van der Waals surface area (Å²) in [6.07, 6.45) is 7.81. The second kappa shape index (κ2) is 4.32. The Bertz CT molecular complexity index is 384. The number of fused-ring (bicyclic) bond motifs is 1. The zero-order valence-electron chi connectivity index (χ0n) is 11.4. The smallest absolute Gasteiger partial charge is 0.232 e. The van der Waals surface area contributed by atoms with Gasteiger partial charge in [-0.3, -0.25) is 4.79 Å². The van der Waals surface area contributed by atoms with Crippen molar-refractivity contribution in [1.82, 2.24) is 4.90 Å². The lowest BCUT2D eigenvalue weighted by Gasteiger charge is -2.40. The van der Waals surface area contributed by atoms with Crippen LogP contribution in [0.25, 0.3) is 0 Å². The molecule has 94 valence electrons. The molecule has 0 spiro atoms. The Kier molecular flexibility index (Phi) is 3.15. The van der Waals surface area contributed by atoms with E-state index in [0.29, 0.717) is 5.92 Å². The predicted molar refractivity (Wildman–Crippen MR) is 70.3 cm³/mol. The molecule has 1 aliphatic heterocycles. The summed E-state index contributed by atoms with van der Waals surface area (Å²) in [5.74, 6) is 0.835. The predicted octanol–water partition coefficient (Wildman–Crippen LogP) is 3.51. The first kappa shape index (κ1) is 12.4. The number of hydrogen-bond donors (Lipinski definition) is 0. The monoisotopic (exact) mass is 233 g/mol. The van der Waals surface area contributed by atoms with E-state index in [1.807, 2.05) is 25.7 Å². The minimum Gasteiger partial charge on any atom is -0.315 e. The molecule has 0 radical (unpaired) electrons. The van der Waals surface area contributed by atoms with E-state index in [0.717, 1.165) is 19.4 Å². The number of hydrogen-bond acceptors (Lipinski definition) is 1. The molecule has 2 nitrogen and oxygen atoms in total. The second-order valence-electron chi connectivity index (χ2n) is 6.35. The van der Waals surface area contributed by atoms with E-state index in [1.54, 1.807) is 0 Å². The molecule has 1 atom stereocenters. The van der Waals surface area contributed by atoms with Gasteiger partial charge in [-0.1, -0.05) is 32.4 Å². The van der Waals surface area contributed by atoms with Crippen molar-refractivity contribution in [2.24, 2.45) is 11.3 Å². The average molecular weight is 233 g/mol. The van der Waals surface area contributed by atoms with E-state index in [9.17, 15) is 4.79 Å². The van der Waals surface area contributed by atoms with Gasteiger partial charge in [0, 0.05) is 23.6 Å². The first-order valence-corrected chi connectivity index (χ1v) is 6.59. The highest BCUT2D eigenvalue weighted by Gasteiger charge is 2.35. The maximum atomic E-state index is 12.4. The molecule has 1 amide bonds. The molecule has 2 rings (SSSR count). The van der Waals surface area contributed by atoms with Crippen molar-refractivity contribution in [3.05, 3.63) is 23.4 Å². The zero-order chi connectivity index (χ0) is 12.6. The summed E-state index contributed by atoms with van der Waals surface area (Å²) in [5.41, 5.74) is 2.41. The Morgan fingerprint density at radius 3 is 2.71 bits per heavy atom. The van der Waals surface area contributed by atoms with Crippen LogP contribution in [0.3, 0.4) is 0 Å². The molecule has 1 unspecified atom stereocenters. The van der Waals surface area contributed by atoms with Crippen molar-refractivity contribution in [1.29, 1.82) is 0 Å². The van der Waals surface area contributed by atoms with E-state index < -0.39 is 0 Å². The topological polar surface area (TPSA) is 20.3 Å². The van der Waals surface area contributed by atoms with Gasteiger partial charge in [0.05, 0.1) is 0 Å². The Balaban J connectivity index is 2.26. The molecule has 0 aromatic rings. The summed E-state index contributed by atoms with van der Waals surface area (Å²) in [5, 5.41) is 0.